The minimum absolute atomic E-state index is 0.178. The molecule has 1 atom stereocenters. The van der Waals surface area contributed by atoms with E-state index in [0.717, 1.165) is 44.1 Å². The largest absolute Gasteiger partial charge is 0.385 e. The van der Waals surface area contributed by atoms with Crippen LogP contribution in [0.4, 0.5) is 10.8 Å². The van der Waals surface area contributed by atoms with E-state index in [0.29, 0.717) is 24.0 Å². The molecule has 4 rings (SSSR count). The number of methoxy groups -OCH3 is 1. The molecule has 0 radical (unpaired) electrons. The average Bonchev–Trinajstić information content (AvgIpc) is 3.19. The smallest absolute Gasteiger partial charge is 0.188 e. The molecule has 0 bridgehead atoms. The van der Waals surface area contributed by atoms with E-state index in [4.69, 9.17) is 16.3 Å². The third kappa shape index (κ3) is 5.54. The lowest BCUT2D eigenvalue weighted by atomic mass is 9.96. The van der Waals surface area contributed by atoms with Crippen molar-refractivity contribution in [2.45, 2.75) is 19.8 Å². The van der Waals surface area contributed by atoms with E-state index in [-0.39, 0.29) is 5.78 Å². The third-order valence-corrected chi connectivity index (χ3v) is 6.54. The minimum Gasteiger partial charge on any atom is -0.385 e. The van der Waals surface area contributed by atoms with Gasteiger partial charge < -0.3 is 10.1 Å². The fourth-order valence-electron chi connectivity index (χ4n) is 3.53. The fourth-order valence-corrected chi connectivity index (χ4v) is 4.69. The highest BCUT2D eigenvalue weighted by molar-refractivity contribution is 7.22. The van der Waals surface area contributed by atoms with Gasteiger partial charge in [0, 0.05) is 36.4 Å². The van der Waals surface area contributed by atoms with Gasteiger partial charge in [-0.2, -0.15) is 0 Å². The zero-order valence-corrected chi connectivity index (χ0v) is 19.7. The van der Waals surface area contributed by atoms with Crippen molar-refractivity contribution in [1.29, 1.82) is 0 Å². The summed E-state index contributed by atoms with van der Waals surface area (Å²) in [5.41, 5.74) is 4.83. The first kappa shape index (κ1) is 22.5. The van der Waals surface area contributed by atoms with Gasteiger partial charge >= 0.3 is 0 Å². The molecule has 0 spiro atoms. The fraction of sp³-hybridized carbons (Fsp3) is 0.231. The average molecular weight is 465 g/mol. The standard InChI is InChI=1S/C26H25ClN2O2S/c1-17(13-14-31-2)15-24(30)20-5-3-18(4-6-20)19-7-10-22(11-8-19)28-26-29-23-12-9-21(27)16-25(23)32-26/h3-12,16-17H,13-15H2,1-2H3,(H,28,29). The predicted octanol–water partition coefficient (Wildman–Crippen LogP) is 7.61. The first-order chi connectivity index (χ1) is 15.5. The summed E-state index contributed by atoms with van der Waals surface area (Å²) in [6.45, 7) is 2.77. The van der Waals surface area contributed by atoms with Gasteiger partial charge in [-0.1, -0.05) is 66.3 Å². The van der Waals surface area contributed by atoms with Crippen LogP contribution in [0, 0.1) is 5.92 Å². The number of nitrogens with zero attached hydrogens (tertiary/aromatic N) is 1. The second-order valence-electron chi connectivity index (χ2n) is 7.92. The van der Waals surface area contributed by atoms with Gasteiger partial charge in [-0.3, -0.25) is 4.79 Å². The molecule has 0 saturated heterocycles. The van der Waals surface area contributed by atoms with E-state index in [1.807, 2.05) is 54.6 Å². The number of hydrogen-bond acceptors (Lipinski definition) is 5. The Bertz CT molecular complexity index is 1200. The third-order valence-electron chi connectivity index (χ3n) is 5.38. The lowest BCUT2D eigenvalue weighted by Gasteiger charge is -2.10. The molecule has 1 heterocycles. The molecule has 0 aliphatic rings. The molecule has 1 N–H and O–H groups in total. The molecule has 32 heavy (non-hydrogen) atoms. The van der Waals surface area contributed by atoms with E-state index < -0.39 is 0 Å². The number of nitrogens with one attached hydrogen (secondary N) is 1. The molecule has 0 aliphatic heterocycles. The van der Waals surface area contributed by atoms with Gasteiger partial charge in [-0.15, -0.1) is 0 Å². The molecule has 0 amide bonds. The number of anilines is 2. The van der Waals surface area contributed by atoms with E-state index in [1.54, 1.807) is 18.4 Å². The van der Waals surface area contributed by atoms with Gasteiger partial charge in [-0.25, -0.2) is 4.98 Å². The maximum absolute atomic E-state index is 12.5. The second kappa shape index (κ2) is 10.3. The Labute approximate surface area is 197 Å². The SMILES string of the molecule is COCCC(C)CC(=O)c1ccc(-c2ccc(Nc3nc4ccc(Cl)cc4s3)cc2)cc1. The lowest BCUT2D eigenvalue weighted by Crippen LogP contribution is -2.08. The minimum atomic E-state index is 0.178. The number of thiazole rings is 1. The van der Waals surface area contributed by atoms with Crippen LogP contribution in [-0.2, 0) is 4.74 Å². The van der Waals surface area contributed by atoms with Gasteiger partial charge in [0.05, 0.1) is 10.2 Å². The van der Waals surface area contributed by atoms with Crippen LogP contribution in [0.5, 0.6) is 0 Å². The van der Waals surface area contributed by atoms with Crippen molar-refractivity contribution in [3.05, 3.63) is 77.3 Å². The number of ether oxygens (including phenoxy) is 1. The molecule has 4 aromatic rings. The summed E-state index contributed by atoms with van der Waals surface area (Å²) in [6.07, 6.45) is 1.44. The lowest BCUT2D eigenvalue weighted by molar-refractivity contribution is 0.0952. The first-order valence-corrected chi connectivity index (χ1v) is 11.8. The zero-order chi connectivity index (χ0) is 22.5. The monoisotopic (exact) mass is 464 g/mol. The molecule has 0 saturated carbocycles. The summed E-state index contributed by atoms with van der Waals surface area (Å²) < 4.78 is 6.16. The van der Waals surface area contributed by atoms with Crippen LogP contribution in [0.3, 0.4) is 0 Å². The Morgan fingerprint density at radius 1 is 1.06 bits per heavy atom. The Morgan fingerprint density at radius 3 is 2.44 bits per heavy atom. The van der Waals surface area contributed by atoms with Crippen molar-refractivity contribution in [1.82, 2.24) is 4.98 Å². The number of benzene rings is 3. The number of aromatic nitrogens is 1. The van der Waals surface area contributed by atoms with Crippen molar-refractivity contribution >= 4 is 49.8 Å². The molecular weight excluding hydrogens is 440 g/mol. The molecule has 3 aromatic carbocycles. The van der Waals surface area contributed by atoms with E-state index in [2.05, 4.69) is 29.4 Å². The van der Waals surface area contributed by atoms with Crippen LogP contribution >= 0.6 is 22.9 Å². The Kier molecular flexibility index (Phi) is 7.20. The van der Waals surface area contributed by atoms with E-state index >= 15 is 0 Å². The highest BCUT2D eigenvalue weighted by Gasteiger charge is 2.12. The number of ketones is 1. The molecular formula is C26H25ClN2O2S. The normalized spacial score (nSPS) is 12.1. The van der Waals surface area contributed by atoms with E-state index in [9.17, 15) is 4.79 Å². The van der Waals surface area contributed by atoms with Crippen LogP contribution in [0.2, 0.25) is 5.02 Å². The first-order valence-electron chi connectivity index (χ1n) is 10.6. The van der Waals surface area contributed by atoms with Crippen LogP contribution < -0.4 is 5.32 Å². The summed E-state index contributed by atoms with van der Waals surface area (Å²) in [6, 6.07) is 21.7. The molecule has 1 unspecified atom stereocenters. The van der Waals surface area contributed by atoms with Gasteiger partial charge in [0.25, 0.3) is 0 Å². The van der Waals surface area contributed by atoms with Crippen LogP contribution in [-0.4, -0.2) is 24.5 Å². The van der Waals surface area contributed by atoms with Crippen LogP contribution in [0.1, 0.15) is 30.1 Å². The number of hydrogen-bond donors (Lipinski definition) is 1. The van der Waals surface area contributed by atoms with Crippen molar-refractivity contribution in [2.75, 3.05) is 19.0 Å². The second-order valence-corrected chi connectivity index (χ2v) is 9.39. The molecule has 0 aliphatic carbocycles. The quantitative estimate of drug-likeness (QED) is 0.259. The van der Waals surface area contributed by atoms with Gasteiger partial charge in [0.15, 0.2) is 10.9 Å². The summed E-state index contributed by atoms with van der Waals surface area (Å²) >= 11 is 7.64. The molecule has 164 valence electrons. The summed E-state index contributed by atoms with van der Waals surface area (Å²) in [5, 5.41) is 4.90. The number of Topliss-reactive ketones (excluding diaryl/α,β-unsaturated/α-hetero) is 1. The summed E-state index contributed by atoms with van der Waals surface area (Å²) in [7, 11) is 1.69. The van der Waals surface area contributed by atoms with Gasteiger partial charge in [-0.05, 0) is 53.8 Å². The van der Waals surface area contributed by atoms with Crippen LogP contribution in [0.15, 0.2) is 66.7 Å². The zero-order valence-electron chi connectivity index (χ0n) is 18.1. The predicted molar refractivity (Wildman–Crippen MR) is 134 cm³/mol. The van der Waals surface area contributed by atoms with E-state index in [1.165, 1.54) is 0 Å². The highest BCUT2D eigenvalue weighted by Crippen LogP contribution is 2.31. The number of fused-ring (bicyclic) bond motifs is 1. The molecule has 4 nitrogen and oxygen atoms in total. The van der Waals surface area contributed by atoms with Crippen molar-refractivity contribution in [3.8, 4) is 11.1 Å². The van der Waals surface area contributed by atoms with Crippen molar-refractivity contribution in [3.63, 3.8) is 0 Å². The Morgan fingerprint density at radius 2 is 1.75 bits per heavy atom. The highest BCUT2D eigenvalue weighted by atomic mass is 35.5. The maximum atomic E-state index is 12.5. The number of halogens is 1. The molecule has 6 heteroatoms. The summed E-state index contributed by atoms with van der Waals surface area (Å²) in [4.78, 5) is 17.1. The van der Waals surface area contributed by atoms with Crippen molar-refractivity contribution in [2.24, 2.45) is 5.92 Å². The number of carbonyl (C=O) groups is 1. The molecule has 0 fully saturated rings. The number of rotatable bonds is 9. The van der Waals surface area contributed by atoms with Gasteiger partial charge in [0.2, 0.25) is 0 Å². The number of carbonyl (C=O) groups excluding carboxylic acids is 1. The Hall–Kier alpha value is -2.73. The summed E-state index contributed by atoms with van der Waals surface area (Å²) in [5.74, 6) is 0.492. The Balaban J connectivity index is 1.40. The molecule has 1 aromatic heterocycles. The maximum Gasteiger partial charge on any atom is 0.188 e. The van der Waals surface area contributed by atoms with Crippen molar-refractivity contribution < 1.29 is 9.53 Å². The topological polar surface area (TPSA) is 51.2 Å². The van der Waals surface area contributed by atoms with Crippen LogP contribution in [0.25, 0.3) is 21.3 Å². The van der Waals surface area contributed by atoms with Gasteiger partial charge in [0.1, 0.15) is 0 Å².